The lowest BCUT2D eigenvalue weighted by atomic mass is 9.93. The summed E-state index contributed by atoms with van der Waals surface area (Å²) in [5, 5.41) is 3.75. The van der Waals surface area contributed by atoms with Gasteiger partial charge < -0.3 is 0 Å². The summed E-state index contributed by atoms with van der Waals surface area (Å²) in [6.07, 6.45) is 6.57. The van der Waals surface area contributed by atoms with Crippen LogP contribution in [0.3, 0.4) is 0 Å². The Balaban J connectivity index is 2.68. The molecule has 1 rings (SSSR count). The van der Waals surface area contributed by atoms with Crippen LogP contribution < -0.4 is 0 Å². The van der Waals surface area contributed by atoms with Crippen molar-refractivity contribution in [1.29, 1.82) is 0 Å². The third kappa shape index (κ3) is 1.99. The largest absolute Gasteiger partial charge is 0.0863 e. The molecule has 3 heteroatoms. The first-order valence-electron chi connectivity index (χ1n) is 4.11. The molecule has 0 bridgehead atoms. The highest BCUT2D eigenvalue weighted by atomic mass is 15.1. The molecule has 0 fully saturated rings. The number of allylic oxidation sites excluding steroid dienone is 1. The zero-order valence-corrected chi connectivity index (χ0v) is 6.82. The third-order valence-corrected chi connectivity index (χ3v) is 2.12. The van der Waals surface area contributed by atoms with Gasteiger partial charge in [0.25, 0.3) is 0 Å². The molecule has 0 radical (unpaired) electrons. The van der Waals surface area contributed by atoms with E-state index in [2.05, 4.69) is 23.0 Å². The van der Waals surface area contributed by atoms with E-state index >= 15 is 0 Å². The minimum Gasteiger partial charge on any atom is -0.0863 e. The average Bonchev–Trinajstić information content (AvgIpc) is 2.06. The molecular weight excluding hydrogens is 138 g/mol. The number of azide groups is 1. The van der Waals surface area contributed by atoms with E-state index < -0.39 is 0 Å². The molecule has 0 N–H and O–H groups in total. The average molecular weight is 151 g/mol. The first kappa shape index (κ1) is 8.15. The molecule has 11 heavy (non-hydrogen) atoms. The Morgan fingerprint density at radius 2 is 2.64 bits per heavy atom. The van der Waals surface area contributed by atoms with E-state index in [9.17, 15) is 0 Å². The fourth-order valence-corrected chi connectivity index (χ4v) is 1.49. The van der Waals surface area contributed by atoms with Crippen molar-refractivity contribution in [1.82, 2.24) is 0 Å². The van der Waals surface area contributed by atoms with E-state index in [1.165, 1.54) is 5.57 Å². The second-order valence-electron chi connectivity index (χ2n) is 2.78. The Bertz CT molecular complexity index is 201. The minimum absolute atomic E-state index is 0.152. The van der Waals surface area contributed by atoms with Crippen LogP contribution in [0.1, 0.15) is 32.6 Å². The van der Waals surface area contributed by atoms with Crippen LogP contribution in [-0.2, 0) is 0 Å². The SMILES string of the molecule is CCC1=CCCCC1N=[N+]=[N-]. The molecule has 60 valence electrons. The molecule has 1 atom stereocenters. The van der Waals surface area contributed by atoms with Gasteiger partial charge in [0.2, 0.25) is 0 Å². The van der Waals surface area contributed by atoms with E-state index in [4.69, 9.17) is 5.53 Å². The topological polar surface area (TPSA) is 48.8 Å². The van der Waals surface area contributed by atoms with Crippen molar-refractivity contribution in [2.24, 2.45) is 5.11 Å². The maximum Gasteiger partial charge on any atom is 0.0584 e. The molecule has 0 saturated carbocycles. The molecule has 0 amide bonds. The lowest BCUT2D eigenvalue weighted by Gasteiger charge is -2.18. The van der Waals surface area contributed by atoms with Crippen LogP contribution in [0, 0.1) is 0 Å². The second kappa shape index (κ2) is 4.04. The highest BCUT2D eigenvalue weighted by Gasteiger charge is 2.13. The predicted octanol–water partition coefficient (Wildman–Crippen LogP) is 3.19. The van der Waals surface area contributed by atoms with Gasteiger partial charge in [-0.3, -0.25) is 0 Å². The Labute approximate surface area is 66.7 Å². The van der Waals surface area contributed by atoms with Gasteiger partial charge in [-0.05, 0) is 31.2 Å². The third-order valence-electron chi connectivity index (χ3n) is 2.12. The molecule has 0 aromatic heterocycles. The summed E-state index contributed by atoms with van der Waals surface area (Å²) in [5.41, 5.74) is 9.58. The lowest BCUT2D eigenvalue weighted by Crippen LogP contribution is -2.10. The number of nitrogens with zero attached hydrogens (tertiary/aromatic N) is 3. The Morgan fingerprint density at radius 3 is 3.27 bits per heavy atom. The summed E-state index contributed by atoms with van der Waals surface area (Å²) in [7, 11) is 0. The van der Waals surface area contributed by atoms with E-state index in [-0.39, 0.29) is 6.04 Å². The zero-order valence-electron chi connectivity index (χ0n) is 6.82. The van der Waals surface area contributed by atoms with Crippen LogP contribution in [0.15, 0.2) is 16.8 Å². The van der Waals surface area contributed by atoms with Gasteiger partial charge in [0.05, 0.1) is 6.04 Å². The van der Waals surface area contributed by atoms with E-state index in [1.807, 2.05) is 0 Å². The van der Waals surface area contributed by atoms with Gasteiger partial charge in [-0.2, -0.15) is 0 Å². The fraction of sp³-hybridized carbons (Fsp3) is 0.750. The van der Waals surface area contributed by atoms with Gasteiger partial charge in [0.15, 0.2) is 0 Å². The van der Waals surface area contributed by atoms with Crippen LogP contribution in [0.5, 0.6) is 0 Å². The lowest BCUT2D eigenvalue weighted by molar-refractivity contribution is 0.597. The van der Waals surface area contributed by atoms with Crippen LogP contribution in [0.4, 0.5) is 0 Å². The first-order valence-corrected chi connectivity index (χ1v) is 4.11. The number of hydrogen-bond donors (Lipinski definition) is 0. The van der Waals surface area contributed by atoms with Crippen LogP contribution in [0.25, 0.3) is 10.4 Å². The summed E-state index contributed by atoms with van der Waals surface area (Å²) < 4.78 is 0. The monoisotopic (exact) mass is 151 g/mol. The smallest absolute Gasteiger partial charge is 0.0584 e. The molecule has 0 aliphatic heterocycles. The maximum absolute atomic E-state index is 8.26. The van der Waals surface area contributed by atoms with Crippen LogP contribution in [0.2, 0.25) is 0 Å². The highest BCUT2D eigenvalue weighted by Crippen LogP contribution is 2.23. The summed E-state index contributed by atoms with van der Waals surface area (Å²) in [6.45, 7) is 2.11. The Kier molecular flexibility index (Phi) is 2.99. The Morgan fingerprint density at radius 1 is 1.82 bits per heavy atom. The number of hydrogen-bond acceptors (Lipinski definition) is 1. The van der Waals surface area contributed by atoms with Gasteiger partial charge in [-0.1, -0.05) is 23.7 Å². The van der Waals surface area contributed by atoms with Crippen molar-refractivity contribution in [3.63, 3.8) is 0 Å². The Hall–Kier alpha value is -0.950. The fourth-order valence-electron chi connectivity index (χ4n) is 1.49. The van der Waals surface area contributed by atoms with E-state index in [0.29, 0.717) is 0 Å². The molecular formula is C8H13N3. The van der Waals surface area contributed by atoms with Crippen molar-refractivity contribution >= 4 is 0 Å². The molecule has 0 spiro atoms. The highest BCUT2D eigenvalue weighted by molar-refractivity contribution is 5.13. The van der Waals surface area contributed by atoms with E-state index in [0.717, 1.165) is 25.7 Å². The standard InChI is InChI=1S/C8H13N3/c1-2-7-5-3-4-6-8(7)10-11-9/h5,8H,2-4,6H2,1H3. The van der Waals surface area contributed by atoms with Gasteiger partial charge >= 0.3 is 0 Å². The first-order chi connectivity index (χ1) is 5.38. The zero-order chi connectivity index (χ0) is 8.10. The normalized spacial score (nSPS) is 23.7. The summed E-state index contributed by atoms with van der Waals surface area (Å²) in [5.74, 6) is 0. The predicted molar refractivity (Wildman–Crippen MR) is 45.2 cm³/mol. The maximum atomic E-state index is 8.26. The van der Waals surface area contributed by atoms with Crippen LogP contribution >= 0.6 is 0 Å². The van der Waals surface area contributed by atoms with Crippen molar-refractivity contribution < 1.29 is 0 Å². The molecule has 1 aliphatic carbocycles. The molecule has 1 unspecified atom stereocenters. The quantitative estimate of drug-likeness (QED) is 0.252. The van der Waals surface area contributed by atoms with Gasteiger partial charge in [0.1, 0.15) is 0 Å². The number of rotatable bonds is 2. The minimum atomic E-state index is 0.152. The van der Waals surface area contributed by atoms with Gasteiger partial charge in [-0.15, -0.1) is 0 Å². The summed E-state index contributed by atoms with van der Waals surface area (Å²) >= 11 is 0. The molecule has 0 saturated heterocycles. The van der Waals surface area contributed by atoms with Gasteiger partial charge in [0, 0.05) is 4.91 Å². The van der Waals surface area contributed by atoms with Gasteiger partial charge in [-0.25, -0.2) is 0 Å². The van der Waals surface area contributed by atoms with Crippen LogP contribution in [-0.4, -0.2) is 6.04 Å². The molecule has 1 aliphatic rings. The summed E-state index contributed by atoms with van der Waals surface area (Å²) in [4.78, 5) is 2.84. The van der Waals surface area contributed by atoms with Crippen molar-refractivity contribution in [3.8, 4) is 0 Å². The summed E-state index contributed by atoms with van der Waals surface area (Å²) in [6, 6.07) is 0.152. The van der Waals surface area contributed by atoms with E-state index in [1.54, 1.807) is 0 Å². The molecule has 3 nitrogen and oxygen atoms in total. The molecule has 0 aromatic carbocycles. The molecule has 0 aromatic rings. The van der Waals surface area contributed by atoms with Crippen molar-refractivity contribution in [2.75, 3.05) is 0 Å². The molecule has 0 heterocycles. The van der Waals surface area contributed by atoms with Crippen molar-refractivity contribution in [3.05, 3.63) is 22.1 Å². The van der Waals surface area contributed by atoms with Crippen molar-refractivity contribution in [2.45, 2.75) is 38.6 Å². The second-order valence-corrected chi connectivity index (χ2v) is 2.78.